The van der Waals surface area contributed by atoms with Crippen molar-refractivity contribution in [2.75, 3.05) is 11.1 Å². The summed E-state index contributed by atoms with van der Waals surface area (Å²) in [6, 6.07) is 8.44. The lowest BCUT2D eigenvalue weighted by atomic mass is 10.3. The van der Waals surface area contributed by atoms with E-state index in [9.17, 15) is 0 Å². The van der Waals surface area contributed by atoms with Gasteiger partial charge in [0.15, 0.2) is 0 Å². The van der Waals surface area contributed by atoms with Crippen LogP contribution in [0.2, 0.25) is 0 Å². The zero-order valence-electron chi connectivity index (χ0n) is 10.9. The van der Waals surface area contributed by atoms with Crippen LogP contribution in [-0.4, -0.2) is 15.3 Å². The lowest BCUT2D eigenvalue weighted by Gasteiger charge is -2.11. The Kier molecular flexibility index (Phi) is 4.70. The van der Waals surface area contributed by atoms with Crippen molar-refractivity contribution >= 4 is 17.4 Å². The molecule has 0 aliphatic carbocycles. The third kappa shape index (κ3) is 3.07. The number of nitrogens with one attached hydrogen (secondary N) is 1. The summed E-state index contributed by atoms with van der Waals surface area (Å²) >= 11 is 1.86. The molecule has 0 spiro atoms. The molecule has 4 heteroatoms. The highest BCUT2D eigenvalue weighted by Gasteiger charge is 2.03. The highest BCUT2D eigenvalue weighted by atomic mass is 32.2. The molecule has 0 fully saturated rings. The summed E-state index contributed by atoms with van der Waals surface area (Å²) in [4.78, 5) is 5.49. The van der Waals surface area contributed by atoms with Crippen LogP contribution in [-0.2, 0) is 13.1 Å². The smallest absolute Gasteiger partial charge is 0.0948 e. The van der Waals surface area contributed by atoms with Crippen LogP contribution in [0.3, 0.4) is 0 Å². The molecule has 3 nitrogen and oxygen atoms in total. The molecule has 0 amide bonds. The largest absolute Gasteiger partial charge is 0.379 e. The van der Waals surface area contributed by atoms with Crippen molar-refractivity contribution in [1.82, 2.24) is 9.55 Å². The normalized spacial score (nSPS) is 10.6. The van der Waals surface area contributed by atoms with Crippen LogP contribution in [0.5, 0.6) is 0 Å². The monoisotopic (exact) mass is 261 g/mol. The quantitative estimate of drug-likeness (QED) is 0.805. The number of benzene rings is 1. The minimum atomic E-state index is 0.815. The number of thioether (sulfide) groups is 1. The Hall–Kier alpha value is -1.42. The van der Waals surface area contributed by atoms with Gasteiger partial charge in [0.1, 0.15) is 0 Å². The minimum Gasteiger partial charge on any atom is -0.379 e. The Morgan fingerprint density at radius 1 is 1.28 bits per heavy atom. The van der Waals surface area contributed by atoms with Crippen LogP contribution >= 0.6 is 11.8 Å². The van der Waals surface area contributed by atoms with E-state index in [-0.39, 0.29) is 0 Å². The second-order valence-corrected chi connectivity index (χ2v) is 5.26. The van der Waals surface area contributed by atoms with Gasteiger partial charge in [-0.3, -0.25) is 0 Å². The Bertz CT molecular complexity index is 493. The van der Waals surface area contributed by atoms with Crippen LogP contribution in [0.1, 0.15) is 19.5 Å². The molecule has 0 aliphatic heterocycles. The summed E-state index contributed by atoms with van der Waals surface area (Å²) in [7, 11) is 0. The second kappa shape index (κ2) is 6.50. The van der Waals surface area contributed by atoms with Crippen LogP contribution in [0.25, 0.3) is 0 Å². The first-order valence-electron chi connectivity index (χ1n) is 6.29. The van der Waals surface area contributed by atoms with Crippen LogP contribution in [0.4, 0.5) is 5.69 Å². The zero-order valence-corrected chi connectivity index (χ0v) is 11.7. The molecule has 96 valence electrons. The van der Waals surface area contributed by atoms with Crippen molar-refractivity contribution in [3.8, 4) is 0 Å². The molecule has 0 aliphatic rings. The molecule has 0 saturated carbocycles. The van der Waals surface area contributed by atoms with E-state index in [2.05, 4.69) is 53.0 Å². The van der Waals surface area contributed by atoms with Crippen molar-refractivity contribution in [2.24, 2.45) is 0 Å². The standard InChI is InChI=1S/C14H19N3S/c1-3-17-11-15-9-12(17)10-16-13-7-5-6-8-14(13)18-4-2/h5-9,11,16H,3-4,10H2,1-2H3. The van der Waals surface area contributed by atoms with Crippen LogP contribution in [0.15, 0.2) is 41.7 Å². The predicted molar refractivity (Wildman–Crippen MR) is 78.1 cm³/mol. The van der Waals surface area contributed by atoms with Gasteiger partial charge in [-0.25, -0.2) is 4.98 Å². The van der Waals surface area contributed by atoms with E-state index in [1.165, 1.54) is 16.3 Å². The van der Waals surface area contributed by atoms with Gasteiger partial charge in [-0.05, 0) is 24.8 Å². The average molecular weight is 261 g/mol. The van der Waals surface area contributed by atoms with Crippen molar-refractivity contribution in [3.63, 3.8) is 0 Å². The maximum absolute atomic E-state index is 4.18. The number of imidazole rings is 1. The molecule has 2 rings (SSSR count). The number of aryl methyl sites for hydroxylation is 1. The number of aromatic nitrogens is 2. The van der Waals surface area contributed by atoms with Crippen molar-refractivity contribution in [3.05, 3.63) is 42.5 Å². The lowest BCUT2D eigenvalue weighted by Crippen LogP contribution is -2.06. The molecule has 1 N–H and O–H groups in total. The molecular weight excluding hydrogens is 242 g/mol. The zero-order chi connectivity index (χ0) is 12.8. The molecule has 0 radical (unpaired) electrons. The van der Waals surface area contributed by atoms with Gasteiger partial charge >= 0.3 is 0 Å². The Labute approximate surface area is 113 Å². The Balaban J connectivity index is 2.06. The highest BCUT2D eigenvalue weighted by molar-refractivity contribution is 7.99. The molecular formula is C14H19N3S. The number of rotatable bonds is 6. The van der Waals surface area contributed by atoms with Crippen molar-refractivity contribution in [1.29, 1.82) is 0 Å². The van der Waals surface area contributed by atoms with Gasteiger partial charge in [-0.2, -0.15) is 0 Å². The first kappa shape index (κ1) is 13.0. The molecule has 0 saturated heterocycles. The van der Waals surface area contributed by atoms with Crippen molar-refractivity contribution in [2.45, 2.75) is 31.8 Å². The Morgan fingerprint density at radius 3 is 2.89 bits per heavy atom. The van der Waals surface area contributed by atoms with Gasteiger partial charge in [-0.15, -0.1) is 11.8 Å². The van der Waals surface area contributed by atoms with E-state index < -0.39 is 0 Å². The average Bonchev–Trinajstić information content (AvgIpc) is 2.85. The minimum absolute atomic E-state index is 0.815. The van der Waals surface area contributed by atoms with Crippen LogP contribution in [0, 0.1) is 0 Å². The molecule has 0 unspecified atom stereocenters. The summed E-state index contributed by atoms with van der Waals surface area (Å²) in [5.41, 5.74) is 2.42. The van der Waals surface area contributed by atoms with Crippen molar-refractivity contribution < 1.29 is 0 Å². The van der Waals surface area contributed by atoms with E-state index in [4.69, 9.17) is 0 Å². The fourth-order valence-electron chi connectivity index (χ4n) is 1.86. The number of nitrogens with zero attached hydrogens (tertiary/aromatic N) is 2. The number of hydrogen-bond acceptors (Lipinski definition) is 3. The topological polar surface area (TPSA) is 29.9 Å². The summed E-state index contributed by atoms with van der Waals surface area (Å²) in [6.07, 6.45) is 3.80. The summed E-state index contributed by atoms with van der Waals surface area (Å²) < 4.78 is 2.16. The molecule has 0 atom stereocenters. The van der Waals surface area contributed by atoms with Gasteiger partial charge < -0.3 is 9.88 Å². The summed E-state index contributed by atoms with van der Waals surface area (Å²) in [5, 5.41) is 3.49. The molecule has 1 aromatic carbocycles. The van der Waals surface area contributed by atoms with E-state index in [1.54, 1.807) is 0 Å². The van der Waals surface area contributed by atoms with Gasteiger partial charge in [0.2, 0.25) is 0 Å². The molecule has 1 heterocycles. The fraction of sp³-hybridized carbons (Fsp3) is 0.357. The van der Waals surface area contributed by atoms with Gasteiger partial charge in [0.25, 0.3) is 0 Å². The van der Waals surface area contributed by atoms with Crippen LogP contribution < -0.4 is 5.32 Å². The predicted octanol–water partition coefficient (Wildman–Crippen LogP) is 3.63. The highest BCUT2D eigenvalue weighted by Crippen LogP contribution is 2.26. The van der Waals surface area contributed by atoms with Gasteiger partial charge in [0, 0.05) is 23.3 Å². The molecule has 18 heavy (non-hydrogen) atoms. The lowest BCUT2D eigenvalue weighted by molar-refractivity contribution is 0.719. The van der Waals surface area contributed by atoms with Gasteiger partial charge in [0.05, 0.1) is 18.6 Å². The van der Waals surface area contributed by atoms with E-state index in [1.807, 2.05) is 24.3 Å². The summed E-state index contributed by atoms with van der Waals surface area (Å²) in [6.45, 7) is 6.08. The number of hydrogen-bond donors (Lipinski definition) is 1. The maximum Gasteiger partial charge on any atom is 0.0948 e. The fourth-order valence-corrected chi connectivity index (χ4v) is 2.64. The molecule has 0 bridgehead atoms. The molecule has 2 aromatic rings. The molecule has 1 aromatic heterocycles. The van der Waals surface area contributed by atoms with E-state index in [0.29, 0.717) is 0 Å². The SMILES string of the molecule is CCSc1ccccc1NCc1cncn1CC. The second-order valence-electron chi connectivity index (χ2n) is 3.95. The number of anilines is 1. The van der Waals surface area contributed by atoms with E-state index in [0.717, 1.165) is 18.8 Å². The van der Waals surface area contributed by atoms with E-state index >= 15 is 0 Å². The third-order valence-corrected chi connectivity index (χ3v) is 3.74. The third-order valence-electron chi connectivity index (χ3n) is 2.79. The number of para-hydroxylation sites is 1. The first-order valence-corrected chi connectivity index (χ1v) is 7.28. The summed E-state index contributed by atoms with van der Waals surface area (Å²) in [5.74, 6) is 1.09. The van der Waals surface area contributed by atoms with Gasteiger partial charge in [-0.1, -0.05) is 19.1 Å². The maximum atomic E-state index is 4.18. The Morgan fingerprint density at radius 2 is 2.11 bits per heavy atom. The first-order chi connectivity index (χ1) is 8.85.